The monoisotopic (exact) mass is 1250 g/mol. The average Bonchev–Trinajstić information content (AvgIpc) is 2.56. The summed E-state index contributed by atoms with van der Waals surface area (Å²) >= 11 is 0. The van der Waals surface area contributed by atoms with Gasteiger partial charge in [-0.3, -0.25) is 0 Å². The maximum absolute atomic E-state index is 9.25. The van der Waals surface area contributed by atoms with Gasteiger partial charge < -0.3 is 78.3 Å². The Morgan fingerprint density at radius 3 is 0.210 bits per heavy atom. The molecule has 0 aliphatic carbocycles. The summed E-state index contributed by atoms with van der Waals surface area (Å²) in [6.07, 6.45) is 4.17. The minimum absolute atomic E-state index is 0. The van der Waals surface area contributed by atoms with Crippen LogP contribution in [0.3, 0.4) is 0 Å². The molecule has 0 saturated carbocycles. The van der Waals surface area contributed by atoms with Crippen molar-refractivity contribution < 1.29 is 1200 Å². The molecule has 0 unspecified atom stereocenters. The number of hydrogen-bond donors (Lipinski definition) is 5. The molecule has 0 spiro atoms. The van der Waals surface area contributed by atoms with Gasteiger partial charge in [0.2, 0.25) is 0 Å². The van der Waals surface area contributed by atoms with Crippen molar-refractivity contribution in [2.24, 2.45) is 0 Å². The van der Waals surface area contributed by atoms with Crippen LogP contribution in [0.2, 0.25) is 0 Å². The van der Waals surface area contributed by atoms with Crippen molar-refractivity contribution in [3.05, 3.63) is 63.3 Å². The van der Waals surface area contributed by atoms with Gasteiger partial charge in [-0.25, -0.2) is 24.0 Å². The molecule has 0 aromatic carbocycles. The van der Waals surface area contributed by atoms with Crippen LogP contribution in [0.4, 0.5) is 0 Å². The van der Waals surface area contributed by atoms with Gasteiger partial charge in [0, 0.05) is 30.4 Å². The minimum atomic E-state index is -0.981. The number of carbonyl (C=O) groups is 5. The van der Waals surface area contributed by atoms with Crippen molar-refractivity contribution in [2.75, 3.05) is 0 Å². The fraction of sp³-hybridized carbons (Fsp3) is 0. The molecule has 10 nitrogen and oxygen atoms in total. The van der Waals surface area contributed by atoms with E-state index in [1.165, 1.54) is 0 Å². The van der Waals surface area contributed by atoms with Gasteiger partial charge in [-0.15, -0.1) is 0 Å². The second-order valence-corrected chi connectivity index (χ2v) is 2.71. The van der Waals surface area contributed by atoms with E-state index in [1.807, 2.05) is 0 Å². The summed E-state index contributed by atoms with van der Waals surface area (Å²) < 4.78 is 0. The van der Waals surface area contributed by atoms with Gasteiger partial charge in [0.1, 0.15) is 0 Å². The van der Waals surface area contributed by atoms with E-state index >= 15 is 0 Å². The number of carboxylic acids is 5. The zero-order valence-corrected chi connectivity index (χ0v) is 124. The van der Waals surface area contributed by atoms with Crippen LogP contribution in [0.1, 0.15) is 52.8 Å². The fourth-order valence-electron chi connectivity index (χ4n) is 0. The van der Waals surface area contributed by atoms with Crippen LogP contribution in [0, 0.1) is 0 Å². The molecule has 0 aromatic rings. The number of rotatable bonds is 5. The first-order chi connectivity index (χ1) is 11.4. The third-order valence-electron chi connectivity index (χ3n) is 0.873. The molecule has 0 aliphatic rings. The predicted molar refractivity (Wildman–Crippen MR) is 130 cm³/mol. The van der Waals surface area contributed by atoms with E-state index < -0.39 is 29.8 Å². The smallest absolute Gasteiger partial charge is 1.00 e. The largest absolute Gasteiger partial charge is 1.00 e. The molecule has 214 valence electrons. The van der Waals surface area contributed by atoms with Crippen molar-refractivity contribution >= 4 is 29.8 Å². The van der Waals surface area contributed by atoms with Crippen molar-refractivity contribution in [1.82, 2.24) is 0 Å². The molecule has 0 fully saturated rings. The molecule has 62 heavy (non-hydrogen) atoms. The van der Waals surface area contributed by atoms with E-state index in [4.69, 9.17) is 25.5 Å². The summed E-state index contributed by atoms with van der Waals surface area (Å²) in [5.74, 6) is -4.91. The summed E-state index contributed by atoms with van der Waals surface area (Å²) in [5.41, 5.74) is 0. The Morgan fingerprint density at radius 2 is 0.210 bits per heavy atom. The zero-order valence-electron chi connectivity index (χ0n) is 87.2. The predicted octanol–water partition coefficient (Wildman–Crippen LogP) is -105. The molecule has 0 heterocycles. The summed E-state index contributed by atoms with van der Waals surface area (Å²) in [6, 6.07) is 0. The molecular weight excluding hydrogens is 1190 g/mol. The van der Waals surface area contributed by atoms with Gasteiger partial charge in [0.15, 0.2) is 0 Å². The van der Waals surface area contributed by atoms with Crippen LogP contribution in [-0.2, 0) is 24.0 Å². The van der Waals surface area contributed by atoms with Gasteiger partial charge in [-0.05, 0) is 0 Å². The molecule has 0 bridgehead atoms. The number of aliphatic carboxylic acids is 5. The van der Waals surface area contributed by atoms with Crippen molar-refractivity contribution in [1.29, 1.82) is 0 Å². The van der Waals surface area contributed by atoms with Gasteiger partial charge in [-0.2, -0.15) is 0 Å². The Labute approximate surface area is 1250 Å². The van der Waals surface area contributed by atoms with Gasteiger partial charge in [0.05, 0.1) is 0 Å². The first-order valence-electron chi connectivity index (χ1n) is 5.62. The van der Waals surface area contributed by atoms with Crippen LogP contribution >= 0.6 is 0 Å². The van der Waals surface area contributed by atoms with Crippen LogP contribution in [0.5, 0.6) is 0 Å². The van der Waals surface area contributed by atoms with E-state index in [9.17, 15) is 24.0 Å². The van der Waals surface area contributed by atoms with E-state index in [1.54, 1.807) is 0 Å². The van der Waals surface area contributed by atoms with Crippen molar-refractivity contribution in [3.63, 3.8) is 0 Å². The molecule has 47 heteroatoms. The average molecular weight is 1250 g/mol. The summed E-state index contributed by atoms with van der Waals surface area (Å²) in [6.45, 7) is 14.8. The first kappa shape index (κ1) is 299. The fourth-order valence-corrected chi connectivity index (χ4v) is 0. The molecule has 0 radical (unpaired) electrons. The third kappa shape index (κ3) is 425. The molecule has 0 aromatic heterocycles. The van der Waals surface area contributed by atoms with Crippen LogP contribution in [0.15, 0.2) is 63.3 Å². The molecular formula is C15H57Na37O10. The molecule has 0 aliphatic heterocycles. The van der Waals surface area contributed by atoms with Gasteiger partial charge in [-0.1, -0.05) is 32.9 Å². The SMILES string of the molecule is C=CC(=O)O.C=CC(=O)O.C=CC(=O)O.C=CC(=O)O.C=CC(=O)O.[H-].[H-].[H-].[H-].[H-].[H-].[H-].[H-].[H-].[H-].[H-].[H-].[H-].[H-].[H-].[H-].[H-].[H-].[H-].[H-].[H-].[H-].[H-].[H-].[H-].[H-].[H-].[H-].[H-].[H-].[H-].[H-].[H-].[H-].[H-].[H-].[H-].[Na+].[Na+].[Na+].[Na+].[Na+].[Na+].[Na+].[Na+].[Na+].[Na+].[Na+].[Na+].[Na+].[Na+].[Na+].[Na+].[Na+].[Na+].[Na+].[Na+].[Na+].[Na+].[Na+].[Na+].[Na+].[Na+].[Na+].[Na+].[Na+].[Na+].[Na+].[Na+].[Na+].[Na+].[Na+].[Na+].[Na+]. The molecule has 0 amide bonds. The van der Waals surface area contributed by atoms with Crippen LogP contribution < -0.4 is 1090 Å². The second-order valence-electron chi connectivity index (χ2n) is 2.71. The quantitative estimate of drug-likeness (QED) is 0.131. The maximum atomic E-state index is 9.25. The normalized spacial score (nSPS) is 2.58. The van der Waals surface area contributed by atoms with Crippen LogP contribution in [-0.4, -0.2) is 55.4 Å². The summed E-state index contributed by atoms with van der Waals surface area (Å²) in [7, 11) is 0. The van der Waals surface area contributed by atoms with E-state index in [-0.39, 0.29) is 1150 Å². The topological polar surface area (TPSA) is 186 Å². The van der Waals surface area contributed by atoms with E-state index in [0.29, 0.717) is 0 Å². The maximum Gasteiger partial charge on any atom is 1.00 e. The summed E-state index contributed by atoms with van der Waals surface area (Å²) in [5, 5.41) is 38.0. The van der Waals surface area contributed by atoms with Gasteiger partial charge in [0.25, 0.3) is 0 Å². The number of hydrogen-bond acceptors (Lipinski definition) is 5. The Morgan fingerprint density at radius 1 is 0.194 bits per heavy atom. The molecule has 5 N–H and O–H groups in total. The molecule has 0 saturated heterocycles. The van der Waals surface area contributed by atoms with Crippen LogP contribution in [0.25, 0.3) is 0 Å². The number of carboxylic acid groups (broad SMARTS) is 5. The van der Waals surface area contributed by atoms with E-state index in [2.05, 4.69) is 32.9 Å². The van der Waals surface area contributed by atoms with Crippen molar-refractivity contribution in [3.8, 4) is 0 Å². The molecule has 0 atom stereocenters. The second kappa shape index (κ2) is 289. The Hall–Kier alpha value is 33.0. The zero-order chi connectivity index (χ0) is 21.4. The standard InChI is InChI=1S/5C3H4O2.37Na.37H/c5*1-2-3(4)5;;;;;;;;;;;;;;;;;;;;;;;;;;;;;;;;;;;;;;;;;;;;;;;;;;;;;;;;;;;;;;;;;;;;;;;;;;/h5*2H,1H2,(H,4,5);;;;;;;;;;;;;;;;;;;;;;;;;;;;;;;;;;;;;;;;;;;;;;;;;;;;;;;;;;;;;;;;;;;;;;;;;;/q;;;;;37*+1;37*-1. The third-order valence-corrected chi connectivity index (χ3v) is 0.873. The first-order valence-corrected chi connectivity index (χ1v) is 5.62. The van der Waals surface area contributed by atoms with E-state index in [0.717, 1.165) is 30.4 Å². The van der Waals surface area contributed by atoms with Gasteiger partial charge >= 0.3 is 1120 Å². The Bertz CT molecular complexity index is 539. The Kier molecular flexibility index (Phi) is 1390. The van der Waals surface area contributed by atoms with Crippen molar-refractivity contribution in [2.45, 2.75) is 0 Å². The molecule has 0 rings (SSSR count). The Balaban J connectivity index is -0.000000000553. The summed E-state index contributed by atoms with van der Waals surface area (Å²) in [4.78, 5) is 46.2. The minimum Gasteiger partial charge on any atom is -1.00 e.